The van der Waals surface area contributed by atoms with Crippen LogP contribution in [-0.4, -0.2) is 39.9 Å². The smallest absolute Gasteiger partial charge is 0.335 e. The Morgan fingerprint density at radius 1 is 0.931 bits per heavy atom. The number of nitrogens with zero attached hydrogens (tertiary/aromatic N) is 1. The molecule has 0 spiro atoms. The highest BCUT2D eigenvalue weighted by molar-refractivity contribution is 6.02. The van der Waals surface area contributed by atoms with Gasteiger partial charge >= 0.3 is 5.97 Å². The van der Waals surface area contributed by atoms with Gasteiger partial charge in [0.2, 0.25) is 5.91 Å². The molecule has 2 fully saturated rings. The third-order valence-electron chi connectivity index (χ3n) is 6.02. The third kappa shape index (κ3) is 3.88. The Bertz CT molecular complexity index is 927. The maximum atomic E-state index is 13.3. The number of amides is 2. The lowest BCUT2D eigenvalue weighted by Gasteiger charge is -2.33. The lowest BCUT2D eigenvalue weighted by atomic mass is 9.84. The van der Waals surface area contributed by atoms with Gasteiger partial charge < -0.3 is 15.3 Å². The van der Waals surface area contributed by atoms with Gasteiger partial charge in [0.25, 0.3) is 5.91 Å². The van der Waals surface area contributed by atoms with Crippen molar-refractivity contribution in [2.24, 2.45) is 5.92 Å². The van der Waals surface area contributed by atoms with Crippen molar-refractivity contribution in [3.05, 3.63) is 65.7 Å². The average molecular weight is 392 g/mol. The van der Waals surface area contributed by atoms with E-state index >= 15 is 0 Å². The van der Waals surface area contributed by atoms with Gasteiger partial charge in [-0.2, -0.15) is 0 Å². The Morgan fingerprint density at radius 3 is 2.41 bits per heavy atom. The summed E-state index contributed by atoms with van der Waals surface area (Å²) in [5, 5.41) is 12.0. The largest absolute Gasteiger partial charge is 0.478 e. The van der Waals surface area contributed by atoms with Gasteiger partial charge in [0.1, 0.15) is 6.04 Å². The lowest BCUT2D eigenvalue weighted by molar-refractivity contribution is -0.120. The fraction of sp³-hybridized carbons (Fsp3) is 0.348. The molecule has 150 valence electrons. The van der Waals surface area contributed by atoms with Crippen molar-refractivity contribution in [2.75, 3.05) is 5.32 Å². The molecule has 1 heterocycles. The Labute approximate surface area is 169 Å². The minimum absolute atomic E-state index is 0.0811. The summed E-state index contributed by atoms with van der Waals surface area (Å²) >= 11 is 0. The van der Waals surface area contributed by atoms with Crippen molar-refractivity contribution >= 4 is 23.5 Å². The van der Waals surface area contributed by atoms with Crippen LogP contribution in [0, 0.1) is 5.92 Å². The topological polar surface area (TPSA) is 86.7 Å². The molecule has 2 N–H and O–H groups in total. The molecule has 1 aliphatic carbocycles. The number of hydrogen-bond acceptors (Lipinski definition) is 3. The number of carboxylic acids is 1. The molecule has 6 nitrogen and oxygen atoms in total. The molecule has 0 radical (unpaired) electrons. The number of carbonyl (C=O) groups is 3. The summed E-state index contributed by atoms with van der Waals surface area (Å²) in [6.07, 6.45) is 4.79. The molecule has 6 heteroatoms. The molecular weight excluding hydrogens is 368 g/mol. The third-order valence-corrected chi connectivity index (χ3v) is 6.02. The maximum Gasteiger partial charge on any atom is 0.335 e. The minimum Gasteiger partial charge on any atom is -0.478 e. The molecule has 0 bridgehead atoms. The van der Waals surface area contributed by atoms with Crippen LogP contribution in [0.5, 0.6) is 0 Å². The van der Waals surface area contributed by atoms with Crippen LogP contribution in [0.1, 0.15) is 52.8 Å². The zero-order valence-corrected chi connectivity index (χ0v) is 16.1. The number of fused-ring (bicyclic) bond motifs is 1. The van der Waals surface area contributed by atoms with Crippen LogP contribution >= 0.6 is 0 Å². The second-order valence-electron chi connectivity index (χ2n) is 7.82. The molecular formula is C23H24N2O4. The summed E-state index contributed by atoms with van der Waals surface area (Å²) in [6, 6.07) is 14.8. The molecule has 3 atom stereocenters. The SMILES string of the molecule is O=C(O)c1cccc(NC(=O)C2CC3CCCCC3N2C(=O)c2ccccc2)c1. The van der Waals surface area contributed by atoms with Gasteiger partial charge in [-0.3, -0.25) is 9.59 Å². The van der Waals surface area contributed by atoms with E-state index in [0.717, 1.165) is 25.7 Å². The van der Waals surface area contributed by atoms with Crippen LogP contribution in [0.4, 0.5) is 5.69 Å². The summed E-state index contributed by atoms with van der Waals surface area (Å²) in [7, 11) is 0. The van der Waals surface area contributed by atoms with Crippen molar-refractivity contribution in [1.82, 2.24) is 4.90 Å². The number of carboxylic acid groups (broad SMARTS) is 1. The lowest BCUT2D eigenvalue weighted by Crippen LogP contribution is -2.47. The highest BCUT2D eigenvalue weighted by Gasteiger charge is 2.47. The van der Waals surface area contributed by atoms with E-state index in [1.54, 1.807) is 29.2 Å². The van der Waals surface area contributed by atoms with Crippen LogP contribution in [0.15, 0.2) is 54.6 Å². The van der Waals surface area contributed by atoms with Crippen molar-refractivity contribution in [3.8, 4) is 0 Å². The van der Waals surface area contributed by atoms with Gasteiger partial charge in [-0.25, -0.2) is 4.79 Å². The molecule has 1 saturated carbocycles. The van der Waals surface area contributed by atoms with Gasteiger partial charge in [-0.1, -0.05) is 37.1 Å². The number of hydrogen-bond donors (Lipinski definition) is 2. The first-order valence-corrected chi connectivity index (χ1v) is 10.1. The van der Waals surface area contributed by atoms with Crippen molar-refractivity contribution in [3.63, 3.8) is 0 Å². The van der Waals surface area contributed by atoms with E-state index in [9.17, 15) is 19.5 Å². The Hall–Kier alpha value is -3.15. The summed E-state index contributed by atoms with van der Waals surface area (Å²) in [5.41, 5.74) is 1.13. The Balaban J connectivity index is 1.59. The fourth-order valence-electron chi connectivity index (χ4n) is 4.67. The number of likely N-dealkylation sites (tertiary alicyclic amines) is 1. The second kappa shape index (κ2) is 8.07. The molecule has 29 heavy (non-hydrogen) atoms. The Kier molecular flexibility index (Phi) is 5.34. The average Bonchev–Trinajstić information content (AvgIpc) is 3.14. The first-order chi connectivity index (χ1) is 14.0. The number of anilines is 1. The molecule has 1 saturated heterocycles. The van der Waals surface area contributed by atoms with Gasteiger partial charge in [-0.05, 0) is 55.5 Å². The maximum absolute atomic E-state index is 13.3. The van der Waals surface area contributed by atoms with E-state index in [1.807, 2.05) is 18.2 Å². The number of rotatable bonds is 4. The minimum atomic E-state index is -1.05. The van der Waals surface area contributed by atoms with Crippen molar-refractivity contribution < 1.29 is 19.5 Å². The number of nitrogens with one attached hydrogen (secondary N) is 1. The number of aromatic carboxylic acids is 1. The molecule has 2 aliphatic rings. The van der Waals surface area contributed by atoms with Gasteiger partial charge in [-0.15, -0.1) is 0 Å². The molecule has 2 aromatic rings. The molecule has 0 aromatic heterocycles. The van der Waals surface area contributed by atoms with Crippen LogP contribution < -0.4 is 5.32 Å². The van der Waals surface area contributed by atoms with Crippen LogP contribution in [-0.2, 0) is 4.79 Å². The zero-order chi connectivity index (χ0) is 20.4. The molecule has 1 aliphatic heterocycles. The van der Waals surface area contributed by atoms with Crippen molar-refractivity contribution in [1.29, 1.82) is 0 Å². The fourth-order valence-corrected chi connectivity index (χ4v) is 4.67. The highest BCUT2D eigenvalue weighted by Crippen LogP contribution is 2.40. The van der Waals surface area contributed by atoms with Gasteiger partial charge in [0.15, 0.2) is 0 Å². The molecule has 2 aromatic carbocycles. The highest BCUT2D eigenvalue weighted by atomic mass is 16.4. The molecule has 4 rings (SSSR count). The number of carbonyl (C=O) groups excluding carboxylic acids is 2. The van der Waals surface area contributed by atoms with E-state index in [2.05, 4.69) is 5.32 Å². The van der Waals surface area contributed by atoms with E-state index in [0.29, 0.717) is 23.6 Å². The predicted octanol–water partition coefficient (Wildman–Crippen LogP) is 3.80. The van der Waals surface area contributed by atoms with Gasteiger partial charge in [0, 0.05) is 17.3 Å². The van der Waals surface area contributed by atoms with E-state index in [4.69, 9.17) is 0 Å². The molecule has 3 unspecified atom stereocenters. The zero-order valence-electron chi connectivity index (χ0n) is 16.1. The van der Waals surface area contributed by atoms with E-state index in [-0.39, 0.29) is 23.4 Å². The van der Waals surface area contributed by atoms with Crippen LogP contribution in [0.25, 0.3) is 0 Å². The van der Waals surface area contributed by atoms with E-state index in [1.165, 1.54) is 12.1 Å². The quantitative estimate of drug-likeness (QED) is 0.829. The summed E-state index contributed by atoms with van der Waals surface area (Å²) in [4.78, 5) is 39.4. The Morgan fingerprint density at radius 2 is 1.66 bits per heavy atom. The molecule has 2 amide bonds. The predicted molar refractivity (Wildman–Crippen MR) is 109 cm³/mol. The van der Waals surface area contributed by atoms with E-state index < -0.39 is 12.0 Å². The van der Waals surface area contributed by atoms with Crippen LogP contribution in [0.3, 0.4) is 0 Å². The summed E-state index contributed by atoms with van der Waals surface area (Å²) in [5.74, 6) is -1.09. The van der Waals surface area contributed by atoms with Crippen molar-refractivity contribution in [2.45, 2.75) is 44.2 Å². The standard InChI is InChI=1S/C23H24N2O4/c26-21(24-18-11-6-10-17(13-18)23(28)29)20-14-16-9-4-5-12-19(16)25(20)22(27)15-7-2-1-3-8-15/h1-3,6-8,10-11,13,16,19-20H,4-5,9,12,14H2,(H,24,26)(H,28,29). The first kappa shape index (κ1) is 19.2. The number of benzene rings is 2. The second-order valence-corrected chi connectivity index (χ2v) is 7.82. The first-order valence-electron chi connectivity index (χ1n) is 10.1. The summed E-state index contributed by atoms with van der Waals surface area (Å²) in [6.45, 7) is 0. The van der Waals surface area contributed by atoms with Gasteiger partial charge in [0.05, 0.1) is 5.56 Å². The normalized spacial score (nSPS) is 23.3. The van der Waals surface area contributed by atoms with Crippen LogP contribution in [0.2, 0.25) is 0 Å². The monoisotopic (exact) mass is 392 g/mol. The summed E-state index contributed by atoms with van der Waals surface area (Å²) < 4.78 is 0.